The number of hydrogen-bond donors (Lipinski definition) is 1. The average Bonchev–Trinajstić information content (AvgIpc) is 3.25. The molecule has 0 aliphatic heterocycles. The van der Waals surface area contributed by atoms with Crippen LogP contribution in [0.4, 0.5) is 5.69 Å². The molecule has 2 aromatic carbocycles. The molecule has 4 aromatic rings. The number of nitrogens with zero attached hydrogens (tertiary/aromatic N) is 4. The second-order valence-electron chi connectivity index (χ2n) is 6.00. The van der Waals surface area contributed by atoms with Crippen LogP contribution in [0.3, 0.4) is 0 Å². The lowest BCUT2D eigenvalue weighted by Crippen LogP contribution is -2.14. The summed E-state index contributed by atoms with van der Waals surface area (Å²) >= 11 is 7.35. The lowest BCUT2D eigenvalue weighted by atomic mass is 10.1. The Bertz CT molecular complexity index is 1090. The molecule has 0 fully saturated rings. The van der Waals surface area contributed by atoms with Crippen molar-refractivity contribution in [1.82, 2.24) is 19.8 Å². The molecule has 2 heterocycles. The zero-order valence-electron chi connectivity index (χ0n) is 14.5. The fourth-order valence-corrected chi connectivity index (χ4v) is 3.67. The summed E-state index contributed by atoms with van der Waals surface area (Å²) in [4.78, 5) is 13.0. The number of halogens is 1. The van der Waals surface area contributed by atoms with E-state index in [1.165, 1.54) is 11.3 Å². The van der Waals surface area contributed by atoms with Crippen molar-refractivity contribution in [3.05, 3.63) is 64.9 Å². The Balaban J connectivity index is 1.45. The molecule has 0 saturated carbocycles. The first kappa shape index (κ1) is 17.6. The van der Waals surface area contributed by atoms with Gasteiger partial charge in [-0.05, 0) is 42.0 Å². The van der Waals surface area contributed by atoms with E-state index in [4.69, 9.17) is 11.6 Å². The van der Waals surface area contributed by atoms with Crippen LogP contribution in [0.5, 0.6) is 0 Å². The van der Waals surface area contributed by atoms with Gasteiger partial charge in [0.15, 0.2) is 5.82 Å². The van der Waals surface area contributed by atoms with Crippen molar-refractivity contribution < 1.29 is 4.79 Å². The smallest absolute Gasteiger partial charge is 0.234 e. The minimum Gasteiger partial charge on any atom is -0.326 e. The summed E-state index contributed by atoms with van der Waals surface area (Å²) in [5, 5.41) is 17.3. The number of hydrogen-bond acceptors (Lipinski definition) is 5. The van der Waals surface area contributed by atoms with Crippen LogP contribution >= 0.6 is 22.9 Å². The molecule has 1 amide bonds. The Hall–Kier alpha value is -2.77. The number of carbonyl (C=O) groups is 1. The molecule has 27 heavy (non-hydrogen) atoms. The third kappa shape index (κ3) is 3.84. The Morgan fingerprint density at radius 2 is 1.85 bits per heavy atom. The van der Waals surface area contributed by atoms with Gasteiger partial charge in [0.25, 0.3) is 0 Å². The highest BCUT2D eigenvalue weighted by atomic mass is 35.5. The minimum absolute atomic E-state index is 0.0727. The van der Waals surface area contributed by atoms with Crippen LogP contribution < -0.4 is 5.32 Å². The van der Waals surface area contributed by atoms with Crippen molar-refractivity contribution in [3.8, 4) is 10.6 Å². The van der Waals surface area contributed by atoms with Crippen molar-refractivity contribution >= 4 is 39.5 Å². The van der Waals surface area contributed by atoms with Crippen LogP contribution in [-0.2, 0) is 17.6 Å². The Labute approximate surface area is 164 Å². The molecule has 0 saturated heterocycles. The molecular weight excluding hydrogens is 382 g/mol. The minimum atomic E-state index is -0.0727. The highest BCUT2D eigenvalue weighted by Crippen LogP contribution is 2.26. The van der Waals surface area contributed by atoms with Gasteiger partial charge in [-0.1, -0.05) is 42.0 Å². The number of nitrogens with one attached hydrogen (secondary N) is 1. The maximum atomic E-state index is 12.2. The highest BCUT2D eigenvalue weighted by Gasteiger charge is 2.12. The Kier molecular flexibility index (Phi) is 4.87. The second-order valence-corrected chi connectivity index (χ2v) is 7.39. The fourth-order valence-electron chi connectivity index (χ4n) is 2.68. The topological polar surface area (TPSA) is 72.2 Å². The highest BCUT2D eigenvalue weighted by molar-refractivity contribution is 7.19. The molecule has 0 aliphatic carbocycles. The van der Waals surface area contributed by atoms with Gasteiger partial charge in [0.2, 0.25) is 10.9 Å². The summed E-state index contributed by atoms with van der Waals surface area (Å²) in [6, 6.07) is 14.9. The molecule has 1 N–H and O–H groups in total. The SMILES string of the molecule is CCc1nnc2sc(-c3ccc(NC(=O)Cc4ccc(Cl)cc4)cc3)nn12. The maximum absolute atomic E-state index is 12.2. The molecule has 0 radical (unpaired) electrons. The first-order chi connectivity index (χ1) is 13.1. The van der Waals surface area contributed by atoms with Gasteiger partial charge in [-0.25, -0.2) is 0 Å². The van der Waals surface area contributed by atoms with Crippen molar-refractivity contribution in [3.63, 3.8) is 0 Å². The zero-order valence-corrected chi connectivity index (χ0v) is 16.1. The summed E-state index contributed by atoms with van der Waals surface area (Å²) in [5.41, 5.74) is 2.64. The molecule has 136 valence electrons. The largest absolute Gasteiger partial charge is 0.326 e. The fraction of sp³-hybridized carbons (Fsp3) is 0.158. The van der Waals surface area contributed by atoms with Crippen molar-refractivity contribution in [2.75, 3.05) is 5.32 Å². The van der Waals surface area contributed by atoms with E-state index < -0.39 is 0 Å². The first-order valence-corrected chi connectivity index (χ1v) is 9.67. The Morgan fingerprint density at radius 3 is 2.56 bits per heavy atom. The van der Waals surface area contributed by atoms with Gasteiger partial charge in [0, 0.05) is 22.7 Å². The molecule has 4 rings (SSSR count). The molecule has 0 unspecified atom stereocenters. The molecule has 0 aliphatic rings. The van der Waals surface area contributed by atoms with Crippen LogP contribution in [0.1, 0.15) is 18.3 Å². The number of aryl methyl sites for hydroxylation is 1. The Morgan fingerprint density at radius 1 is 1.11 bits per heavy atom. The van der Waals surface area contributed by atoms with Gasteiger partial charge in [-0.2, -0.15) is 9.61 Å². The monoisotopic (exact) mass is 397 g/mol. The standard InChI is InChI=1S/C19H16ClN5OS/c1-2-16-22-23-19-25(16)24-18(27-19)13-5-9-15(10-6-13)21-17(26)11-12-3-7-14(20)8-4-12/h3-10H,2,11H2,1H3,(H,21,26). The summed E-state index contributed by atoms with van der Waals surface area (Å²) in [5.74, 6) is 0.773. The van der Waals surface area contributed by atoms with E-state index in [1.807, 2.05) is 43.3 Å². The average molecular weight is 398 g/mol. The van der Waals surface area contributed by atoms with E-state index >= 15 is 0 Å². The van der Waals surface area contributed by atoms with E-state index in [0.717, 1.165) is 39.0 Å². The van der Waals surface area contributed by atoms with E-state index in [1.54, 1.807) is 16.6 Å². The lowest BCUT2D eigenvalue weighted by Gasteiger charge is -2.06. The number of rotatable bonds is 5. The molecule has 0 bridgehead atoms. The number of fused-ring (bicyclic) bond motifs is 1. The van der Waals surface area contributed by atoms with Gasteiger partial charge in [-0.3, -0.25) is 4.79 Å². The predicted molar refractivity (Wildman–Crippen MR) is 107 cm³/mol. The van der Waals surface area contributed by atoms with E-state index in [9.17, 15) is 4.79 Å². The number of aromatic nitrogens is 4. The summed E-state index contributed by atoms with van der Waals surface area (Å²) < 4.78 is 1.78. The summed E-state index contributed by atoms with van der Waals surface area (Å²) in [6.07, 6.45) is 1.08. The van der Waals surface area contributed by atoms with Crippen LogP contribution in [0.25, 0.3) is 15.5 Å². The van der Waals surface area contributed by atoms with E-state index in [2.05, 4.69) is 20.6 Å². The van der Waals surface area contributed by atoms with Gasteiger partial charge < -0.3 is 5.32 Å². The third-order valence-electron chi connectivity index (χ3n) is 4.07. The molecule has 0 atom stereocenters. The molecule has 8 heteroatoms. The number of amides is 1. The molecule has 2 aromatic heterocycles. The third-order valence-corrected chi connectivity index (χ3v) is 5.27. The van der Waals surface area contributed by atoms with Crippen LogP contribution in [0, 0.1) is 0 Å². The van der Waals surface area contributed by atoms with Gasteiger partial charge >= 0.3 is 0 Å². The predicted octanol–water partition coefficient (Wildman–Crippen LogP) is 4.25. The number of benzene rings is 2. The van der Waals surface area contributed by atoms with Crippen molar-refractivity contribution in [1.29, 1.82) is 0 Å². The maximum Gasteiger partial charge on any atom is 0.234 e. The van der Waals surface area contributed by atoms with Crippen molar-refractivity contribution in [2.24, 2.45) is 0 Å². The summed E-state index contributed by atoms with van der Waals surface area (Å²) in [7, 11) is 0. The zero-order chi connectivity index (χ0) is 18.8. The normalized spacial score (nSPS) is 11.0. The van der Waals surface area contributed by atoms with Crippen LogP contribution in [0.15, 0.2) is 48.5 Å². The van der Waals surface area contributed by atoms with Gasteiger partial charge in [0.1, 0.15) is 5.01 Å². The van der Waals surface area contributed by atoms with Gasteiger partial charge in [-0.15, -0.1) is 10.2 Å². The van der Waals surface area contributed by atoms with Crippen molar-refractivity contribution in [2.45, 2.75) is 19.8 Å². The van der Waals surface area contributed by atoms with E-state index in [-0.39, 0.29) is 5.91 Å². The first-order valence-electron chi connectivity index (χ1n) is 8.48. The molecule has 6 nitrogen and oxygen atoms in total. The quantitative estimate of drug-likeness (QED) is 0.546. The number of carbonyl (C=O) groups excluding carboxylic acids is 1. The lowest BCUT2D eigenvalue weighted by molar-refractivity contribution is -0.115. The van der Waals surface area contributed by atoms with Gasteiger partial charge in [0.05, 0.1) is 6.42 Å². The van der Waals surface area contributed by atoms with Crippen LogP contribution in [-0.4, -0.2) is 25.7 Å². The summed E-state index contributed by atoms with van der Waals surface area (Å²) in [6.45, 7) is 2.02. The van der Waals surface area contributed by atoms with E-state index in [0.29, 0.717) is 11.4 Å². The number of anilines is 1. The second kappa shape index (κ2) is 7.46. The van der Waals surface area contributed by atoms with Crippen LogP contribution in [0.2, 0.25) is 5.02 Å². The molecule has 0 spiro atoms. The molecular formula is C19H16ClN5OS.